The highest BCUT2D eigenvalue weighted by Gasteiger charge is 2.34. The molecule has 1 aliphatic rings. The number of nitrogens with zero attached hydrogens (tertiary/aromatic N) is 1. The molecule has 1 unspecified atom stereocenters. The molecule has 2 aromatic rings. The number of carbonyl (C=O) groups is 1. The van der Waals surface area contributed by atoms with E-state index in [-0.39, 0.29) is 4.90 Å². The van der Waals surface area contributed by atoms with Crippen molar-refractivity contribution in [3.8, 4) is 0 Å². The van der Waals surface area contributed by atoms with Crippen LogP contribution in [0.25, 0.3) is 10.8 Å². The number of aldehydes is 1. The molecule has 2 aromatic carbocycles. The Labute approximate surface area is 124 Å². The molecular weight excluding hydrogens is 286 g/mol. The van der Waals surface area contributed by atoms with Crippen molar-refractivity contribution >= 4 is 27.1 Å². The van der Waals surface area contributed by atoms with Crippen LogP contribution in [0.2, 0.25) is 0 Å². The normalized spacial score (nSPS) is 20.5. The maximum Gasteiger partial charge on any atom is 0.244 e. The summed E-state index contributed by atoms with van der Waals surface area (Å²) in [5.74, 6) is 0. The van der Waals surface area contributed by atoms with E-state index in [1.54, 1.807) is 12.1 Å². The van der Waals surface area contributed by atoms with Gasteiger partial charge in [0.25, 0.3) is 0 Å². The zero-order valence-corrected chi connectivity index (χ0v) is 12.4. The van der Waals surface area contributed by atoms with Crippen molar-refractivity contribution in [1.29, 1.82) is 0 Å². The molecule has 0 saturated carbocycles. The van der Waals surface area contributed by atoms with E-state index in [0.717, 1.165) is 24.5 Å². The molecule has 0 N–H and O–H groups in total. The van der Waals surface area contributed by atoms with Gasteiger partial charge in [-0.25, -0.2) is 8.42 Å². The van der Waals surface area contributed by atoms with Crippen LogP contribution in [0.5, 0.6) is 0 Å². The molecule has 0 radical (unpaired) electrons. The van der Waals surface area contributed by atoms with Crippen molar-refractivity contribution in [3.05, 3.63) is 42.5 Å². The van der Waals surface area contributed by atoms with Gasteiger partial charge in [-0.2, -0.15) is 4.31 Å². The lowest BCUT2D eigenvalue weighted by Gasteiger charge is -2.31. The summed E-state index contributed by atoms with van der Waals surface area (Å²) >= 11 is 0. The predicted octanol–water partition coefficient (Wildman–Crippen LogP) is 2.58. The van der Waals surface area contributed by atoms with Crippen LogP contribution in [-0.4, -0.2) is 31.6 Å². The average Bonchev–Trinajstić information content (AvgIpc) is 2.54. The lowest BCUT2D eigenvalue weighted by molar-refractivity contribution is -0.111. The van der Waals surface area contributed by atoms with E-state index in [1.807, 2.05) is 30.3 Å². The fourth-order valence-electron chi connectivity index (χ4n) is 2.91. The Morgan fingerprint density at radius 2 is 1.81 bits per heavy atom. The van der Waals surface area contributed by atoms with Crippen LogP contribution in [0.3, 0.4) is 0 Å². The highest BCUT2D eigenvalue weighted by atomic mass is 32.2. The molecule has 0 spiro atoms. The second-order valence-electron chi connectivity index (χ2n) is 5.29. The van der Waals surface area contributed by atoms with E-state index in [2.05, 4.69) is 0 Å². The number of benzene rings is 2. The molecule has 1 heterocycles. The average molecular weight is 303 g/mol. The van der Waals surface area contributed by atoms with Crippen LogP contribution in [0.15, 0.2) is 47.4 Å². The van der Waals surface area contributed by atoms with Gasteiger partial charge in [-0.15, -0.1) is 0 Å². The van der Waals surface area contributed by atoms with E-state index < -0.39 is 16.1 Å². The zero-order valence-electron chi connectivity index (χ0n) is 11.6. The number of hydrogen-bond acceptors (Lipinski definition) is 3. The van der Waals surface area contributed by atoms with E-state index in [1.165, 1.54) is 4.31 Å². The first-order valence-corrected chi connectivity index (χ1v) is 8.53. The van der Waals surface area contributed by atoms with Gasteiger partial charge in [-0.1, -0.05) is 42.8 Å². The second kappa shape index (κ2) is 5.58. The minimum absolute atomic E-state index is 0.286. The summed E-state index contributed by atoms with van der Waals surface area (Å²) in [4.78, 5) is 11.5. The van der Waals surface area contributed by atoms with Gasteiger partial charge in [0, 0.05) is 11.9 Å². The summed E-state index contributed by atoms with van der Waals surface area (Å²) in [5.41, 5.74) is 0. The summed E-state index contributed by atoms with van der Waals surface area (Å²) < 4.78 is 27.2. The smallest absolute Gasteiger partial charge is 0.244 e. The third-order valence-electron chi connectivity index (χ3n) is 3.99. The third kappa shape index (κ3) is 2.47. The first-order chi connectivity index (χ1) is 10.1. The van der Waals surface area contributed by atoms with Gasteiger partial charge in [0.1, 0.15) is 6.29 Å². The van der Waals surface area contributed by atoms with Crippen LogP contribution in [0.4, 0.5) is 0 Å². The summed E-state index contributed by atoms with van der Waals surface area (Å²) in [6.45, 7) is 0.412. The number of sulfonamides is 1. The number of fused-ring (bicyclic) bond motifs is 1. The van der Waals surface area contributed by atoms with Crippen LogP contribution in [-0.2, 0) is 14.8 Å². The van der Waals surface area contributed by atoms with E-state index in [0.29, 0.717) is 18.4 Å². The molecule has 21 heavy (non-hydrogen) atoms. The summed E-state index contributed by atoms with van der Waals surface area (Å²) in [6.07, 6.45) is 3.05. The first kappa shape index (κ1) is 14.2. The van der Waals surface area contributed by atoms with Crippen molar-refractivity contribution in [1.82, 2.24) is 4.31 Å². The lowest BCUT2D eigenvalue weighted by atomic mass is 10.1. The highest BCUT2D eigenvalue weighted by molar-refractivity contribution is 7.89. The predicted molar refractivity (Wildman–Crippen MR) is 81.5 cm³/mol. The molecule has 1 saturated heterocycles. The van der Waals surface area contributed by atoms with Crippen molar-refractivity contribution in [3.63, 3.8) is 0 Å². The molecule has 1 fully saturated rings. The van der Waals surface area contributed by atoms with Gasteiger partial charge in [-0.05, 0) is 24.3 Å². The first-order valence-electron chi connectivity index (χ1n) is 7.09. The maximum absolute atomic E-state index is 12.9. The molecular formula is C16H17NO3S. The van der Waals surface area contributed by atoms with Crippen LogP contribution < -0.4 is 0 Å². The Balaban J connectivity index is 2.14. The number of carbonyl (C=O) groups excluding carboxylic acids is 1. The number of hydrogen-bond donors (Lipinski definition) is 0. The molecule has 0 aliphatic carbocycles. The fourth-order valence-corrected chi connectivity index (χ4v) is 4.76. The Kier molecular flexibility index (Phi) is 3.78. The Morgan fingerprint density at radius 3 is 2.62 bits per heavy atom. The van der Waals surface area contributed by atoms with Crippen molar-refractivity contribution in [2.24, 2.45) is 0 Å². The van der Waals surface area contributed by atoms with E-state index in [4.69, 9.17) is 0 Å². The molecule has 4 nitrogen and oxygen atoms in total. The van der Waals surface area contributed by atoms with Gasteiger partial charge >= 0.3 is 0 Å². The van der Waals surface area contributed by atoms with Crippen molar-refractivity contribution < 1.29 is 13.2 Å². The topological polar surface area (TPSA) is 54.5 Å². The van der Waals surface area contributed by atoms with E-state index >= 15 is 0 Å². The Morgan fingerprint density at radius 1 is 1.05 bits per heavy atom. The minimum Gasteiger partial charge on any atom is -0.302 e. The fraction of sp³-hybridized carbons (Fsp3) is 0.312. The van der Waals surface area contributed by atoms with Crippen molar-refractivity contribution in [2.45, 2.75) is 30.2 Å². The van der Waals surface area contributed by atoms with Crippen molar-refractivity contribution in [2.75, 3.05) is 6.54 Å². The largest absolute Gasteiger partial charge is 0.302 e. The van der Waals surface area contributed by atoms with Crippen LogP contribution >= 0.6 is 0 Å². The molecule has 110 valence electrons. The maximum atomic E-state index is 12.9. The standard InChI is InChI=1S/C16H17NO3S/c18-12-14-8-3-4-11-17(14)21(19,20)16-10-5-7-13-6-1-2-9-15(13)16/h1-2,5-7,9-10,12,14H,3-4,8,11H2. The lowest BCUT2D eigenvalue weighted by Crippen LogP contribution is -2.44. The SMILES string of the molecule is O=CC1CCCCN1S(=O)(=O)c1cccc2ccccc12. The van der Waals surface area contributed by atoms with E-state index in [9.17, 15) is 13.2 Å². The highest BCUT2D eigenvalue weighted by Crippen LogP contribution is 2.29. The van der Waals surface area contributed by atoms with Crippen LogP contribution in [0, 0.1) is 0 Å². The molecule has 1 aliphatic heterocycles. The molecule has 0 aromatic heterocycles. The zero-order chi connectivity index (χ0) is 14.9. The van der Waals surface area contributed by atoms with Gasteiger partial charge in [0.2, 0.25) is 10.0 Å². The third-order valence-corrected chi connectivity index (χ3v) is 5.97. The van der Waals surface area contributed by atoms with Gasteiger partial charge in [0.15, 0.2) is 0 Å². The van der Waals surface area contributed by atoms with Crippen LogP contribution in [0.1, 0.15) is 19.3 Å². The Hall–Kier alpha value is -1.72. The quantitative estimate of drug-likeness (QED) is 0.819. The second-order valence-corrected chi connectivity index (χ2v) is 7.15. The number of piperidine rings is 1. The monoisotopic (exact) mass is 303 g/mol. The molecule has 5 heteroatoms. The summed E-state index contributed by atoms with van der Waals surface area (Å²) in [7, 11) is -3.65. The summed E-state index contributed by atoms with van der Waals surface area (Å²) in [6, 6.07) is 12.1. The Bertz CT molecular complexity index is 765. The summed E-state index contributed by atoms with van der Waals surface area (Å²) in [5, 5.41) is 1.59. The van der Waals surface area contributed by atoms with Gasteiger partial charge in [-0.3, -0.25) is 0 Å². The molecule has 0 amide bonds. The molecule has 3 rings (SSSR count). The minimum atomic E-state index is -3.65. The van der Waals surface area contributed by atoms with Gasteiger partial charge < -0.3 is 4.79 Å². The molecule has 1 atom stereocenters. The number of rotatable bonds is 3. The molecule has 0 bridgehead atoms. The van der Waals surface area contributed by atoms with Gasteiger partial charge in [0.05, 0.1) is 10.9 Å².